The topological polar surface area (TPSA) is 80.3 Å². The highest BCUT2D eigenvalue weighted by Gasteiger charge is 2.20. The first-order valence-electron chi connectivity index (χ1n) is 10.4. The number of nitrogens with zero attached hydrogens (tertiary/aromatic N) is 2. The number of carbonyl (C=O) groups excluding carboxylic acids is 2. The molecule has 0 saturated carbocycles. The van der Waals surface area contributed by atoms with E-state index in [1.807, 2.05) is 31.2 Å². The second kappa shape index (κ2) is 11.1. The molecule has 0 spiro atoms. The van der Waals surface area contributed by atoms with Gasteiger partial charge in [0.25, 0.3) is 5.91 Å². The minimum absolute atomic E-state index is 0.114. The Hall–Kier alpha value is -2.97. The fourth-order valence-corrected chi connectivity index (χ4v) is 3.68. The molecule has 172 valence electrons. The normalized spacial score (nSPS) is 13.4. The van der Waals surface area contributed by atoms with Crippen molar-refractivity contribution in [3.63, 3.8) is 0 Å². The largest absolute Gasteiger partial charge is 0.493 e. The van der Waals surface area contributed by atoms with Crippen LogP contribution in [-0.4, -0.2) is 70.3 Å². The van der Waals surface area contributed by atoms with Gasteiger partial charge in [-0.1, -0.05) is 11.6 Å². The van der Waals surface area contributed by atoms with E-state index in [0.29, 0.717) is 42.6 Å². The smallest absolute Gasteiger partial charge is 0.254 e. The number of hydrogen-bond acceptors (Lipinski definition) is 6. The van der Waals surface area contributed by atoms with Crippen molar-refractivity contribution < 1.29 is 23.8 Å². The summed E-state index contributed by atoms with van der Waals surface area (Å²) in [6.45, 7) is 5.25. The van der Waals surface area contributed by atoms with Gasteiger partial charge in [-0.2, -0.15) is 0 Å². The molecule has 1 saturated heterocycles. The zero-order valence-corrected chi connectivity index (χ0v) is 19.3. The second-order valence-corrected chi connectivity index (χ2v) is 7.69. The predicted molar refractivity (Wildman–Crippen MR) is 124 cm³/mol. The summed E-state index contributed by atoms with van der Waals surface area (Å²) in [4.78, 5) is 28.8. The molecular weight excluding hydrogens is 434 g/mol. The highest BCUT2D eigenvalue weighted by Crippen LogP contribution is 2.36. The number of anilines is 2. The van der Waals surface area contributed by atoms with Gasteiger partial charge in [0.15, 0.2) is 11.5 Å². The standard InChI is InChI=1S/C23H28ClN3O5/c1-4-32-22-19(24)13-16(14-20(22)30-3)23(29)26(2)15-21(28)25-17-5-7-18(8-6-17)27-9-11-31-12-10-27/h5-8,13-14H,4,9-12,15H2,1-3H3,(H,25,28). The van der Waals surface area contributed by atoms with Crippen LogP contribution in [0.2, 0.25) is 5.02 Å². The van der Waals surface area contributed by atoms with E-state index >= 15 is 0 Å². The van der Waals surface area contributed by atoms with Gasteiger partial charge >= 0.3 is 0 Å². The predicted octanol–water partition coefficient (Wildman–Crippen LogP) is 3.29. The lowest BCUT2D eigenvalue weighted by atomic mass is 10.1. The van der Waals surface area contributed by atoms with Gasteiger partial charge in [0.2, 0.25) is 5.91 Å². The molecule has 0 aromatic heterocycles. The molecule has 32 heavy (non-hydrogen) atoms. The minimum atomic E-state index is -0.355. The van der Waals surface area contributed by atoms with Crippen molar-refractivity contribution in [3.05, 3.63) is 47.0 Å². The highest BCUT2D eigenvalue weighted by molar-refractivity contribution is 6.32. The number of rotatable bonds is 8. The molecule has 0 unspecified atom stereocenters. The van der Waals surface area contributed by atoms with Gasteiger partial charge in [0, 0.05) is 37.1 Å². The maximum atomic E-state index is 12.8. The van der Waals surface area contributed by atoms with Crippen molar-refractivity contribution in [3.8, 4) is 11.5 Å². The van der Waals surface area contributed by atoms with Crippen LogP contribution >= 0.6 is 11.6 Å². The van der Waals surface area contributed by atoms with Crippen molar-refractivity contribution in [2.45, 2.75) is 6.92 Å². The fourth-order valence-electron chi connectivity index (χ4n) is 3.41. The molecule has 3 rings (SSSR count). The average Bonchev–Trinajstić information content (AvgIpc) is 2.80. The Morgan fingerprint density at radius 3 is 2.50 bits per heavy atom. The van der Waals surface area contributed by atoms with Gasteiger partial charge in [-0.15, -0.1) is 0 Å². The molecule has 2 amide bonds. The van der Waals surface area contributed by atoms with E-state index in [0.717, 1.165) is 18.8 Å². The Balaban J connectivity index is 1.60. The summed E-state index contributed by atoms with van der Waals surface area (Å²) in [5.41, 5.74) is 2.05. The number of morpholine rings is 1. The lowest BCUT2D eigenvalue weighted by molar-refractivity contribution is -0.116. The second-order valence-electron chi connectivity index (χ2n) is 7.28. The number of hydrogen-bond donors (Lipinski definition) is 1. The monoisotopic (exact) mass is 461 g/mol. The van der Waals surface area contributed by atoms with Crippen molar-refractivity contribution in [2.75, 3.05) is 63.8 Å². The molecule has 8 nitrogen and oxygen atoms in total. The molecule has 9 heteroatoms. The van der Waals surface area contributed by atoms with Gasteiger partial charge in [-0.25, -0.2) is 0 Å². The molecule has 1 fully saturated rings. The molecule has 0 atom stereocenters. The van der Waals surface area contributed by atoms with E-state index < -0.39 is 0 Å². The molecule has 1 aliphatic rings. The lowest BCUT2D eigenvalue weighted by Gasteiger charge is -2.28. The molecular formula is C23H28ClN3O5. The first-order chi connectivity index (χ1) is 15.4. The van der Waals surface area contributed by atoms with Crippen LogP contribution in [0.1, 0.15) is 17.3 Å². The van der Waals surface area contributed by atoms with Crippen molar-refractivity contribution in [1.82, 2.24) is 4.90 Å². The Morgan fingerprint density at radius 2 is 1.88 bits per heavy atom. The van der Waals surface area contributed by atoms with Gasteiger partial charge < -0.3 is 29.3 Å². The fraction of sp³-hybridized carbons (Fsp3) is 0.391. The zero-order valence-electron chi connectivity index (χ0n) is 18.5. The van der Waals surface area contributed by atoms with Gasteiger partial charge in [0.05, 0.1) is 38.5 Å². The Labute approximate surface area is 193 Å². The first kappa shape index (κ1) is 23.7. The Bertz CT molecular complexity index is 945. The van der Waals surface area contributed by atoms with E-state index in [-0.39, 0.29) is 23.4 Å². The highest BCUT2D eigenvalue weighted by atomic mass is 35.5. The third-order valence-corrected chi connectivity index (χ3v) is 5.30. The van der Waals surface area contributed by atoms with E-state index in [1.54, 1.807) is 13.1 Å². The molecule has 0 aliphatic carbocycles. The summed E-state index contributed by atoms with van der Waals surface area (Å²) in [5.74, 6) is 0.0880. The maximum absolute atomic E-state index is 12.8. The molecule has 2 aromatic carbocycles. The van der Waals surface area contributed by atoms with Crippen LogP contribution in [-0.2, 0) is 9.53 Å². The van der Waals surface area contributed by atoms with E-state index in [1.165, 1.54) is 18.1 Å². The van der Waals surface area contributed by atoms with Gasteiger partial charge in [-0.3, -0.25) is 9.59 Å². The van der Waals surface area contributed by atoms with Crippen LogP contribution in [0.25, 0.3) is 0 Å². The van der Waals surface area contributed by atoms with Crippen LogP contribution in [0.3, 0.4) is 0 Å². The lowest BCUT2D eigenvalue weighted by Crippen LogP contribution is -2.36. The Morgan fingerprint density at radius 1 is 1.19 bits per heavy atom. The molecule has 0 bridgehead atoms. The third kappa shape index (κ3) is 5.83. The number of nitrogens with one attached hydrogen (secondary N) is 1. The molecule has 0 radical (unpaired) electrons. The number of ether oxygens (including phenoxy) is 3. The summed E-state index contributed by atoms with van der Waals surface area (Å²) in [5, 5.41) is 3.09. The van der Waals surface area contributed by atoms with E-state index in [2.05, 4.69) is 10.2 Å². The van der Waals surface area contributed by atoms with Crippen molar-refractivity contribution in [1.29, 1.82) is 0 Å². The number of methoxy groups -OCH3 is 1. The van der Waals surface area contributed by atoms with Crippen LogP contribution in [0.15, 0.2) is 36.4 Å². The van der Waals surface area contributed by atoms with Gasteiger partial charge in [0.1, 0.15) is 0 Å². The summed E-state index contributed by atoms with van der Waals surface area (Å²) in [6.07, 6.45) is 0. The molecule has 1 N–H and O–H groups in total. The van der Waals surface area contributed by atoms with E-state index in [9.17, 15) is 9.59 Å². The summed E-state index contributed by atoms with van der Waals surface area (Å²) < 4.78 is 16.1. The van der Waals surface area contributed by atoms with Crippen LogP contribution < -0.4 is 19.7 Å². The van der Waals surface area contributed by atoms with Gasteiger partial charge in [-0.05, 0) is 43.3 Å². The SMILES string of the molecule is CCOc1c(Cl)cc(C(=O)N(C)CC(=O)Nc2ccc(N3CCOCC3)cc2)cc1OC. The van der Waals surface area contributed by atoms with Crippen molar-refractivity contribution in [2.24, 2.45) is 0 Å². The minimum Gasteiger partial charge on any atom is -0.493 e. The molecule has 2 aromatic rings. The number of amides is 2. The number of benzene rings is 2. The quantitative estimate of drug-likeness (QED) is 0.649. The Kier molecular flexibility index (Phi) is 8.19. The zero-order chi connectivity index (χ0) is 23.1. The summed E-state index contributed by atoms with van der Waals surface area (Å²) >= 11 is 6.26. The van der Waals surface area contributed by atoms with Crippen LogP contribution in [0.4, 0.5) is 11.4 Å². The maximum Gasteiger partial charge on any atom is 0.254 e. The number of halogens is 1. The first-order valence-corrected chi connectivity index (χ1v) is 10.8. The average molecular weight is 462 g/mol. The van der Waals surface area contributed by atoms with Crippen molar-refractivity contribution >= 4 is 34.8 Å². The summed E-state index contributed by atoms with van der Waals surface area (Å²) in [7, 11) is 3.03. The molecule has 1 heterocycles. The van der Waals surface area contributed by atoms with E-state index in [4.69, 9.17) is 25.8 Å². The van der Waals surface area contributed by atoms with Crippen LogP contribution in [0.5, 0.6) is 11.5 Å². The molecule has 1 aliphatic heterocycles. The summed E-state index contributed by atoms with van der Waals surface area (Å²) in [6, 6.07) is 10.7. The number of carbonyl (C=O) groups is 2. The number of likely N-dealkylation sites (N-methyl/N-ethyl adjacent to an activating group) is 1. The third-order valence-electron chi connectivity index (χ3n) is 5.02. The van der Waals surface area contributed by atoms with Crippen LogP contribution in [0, 0.1) is 0 Å².